The second-order valence-electron chi connectivity index (χ2n) is 14.3. The van der Waals surface area contributed by atoms with E-state index >= 15 is 0 Å². The first kappa shape index (κ1) is 37.1. The third-order valence-electron chi connectivity index (χ3n) is 8.24. The van der Waals surface area contributed by atoms with Gasteiger partial charge < -0.3 is 24.5 Å². The zero-order valence-corrected chi connectivity index (χ0v) is 29.1. The molecule has 3 amide bonds. The van der Waals surface area contributed by atoms with Gasteiger partial charge in [0, 0.05) is 37.1 Å². The quantitative estimate of drug-likeness (QED) is 0.272. The number of anilines is 2. The van der Waals surface area contributed by atoms with E-state index in [9.17, 15) is 32.3 Å². The summed E-state index contributed by atoms with van der Waals surface area (Å²) in [6.45, 7) is 10.6. The van der Waals surface area contributed by atoms with Crippen molar-refractivity contribution in [1.82, 2.24) is 24.2 Å². The number of nitrogens with zero attached hydrogens (tertiary/aromatic N) is 5. The first-order valence-corrected chi connectivity index (χ1v) is 16.0. The number of aryl methyl sites for hydroxylation is 1. The van der Waals surface area contributed by atoms with Gasteiger partial charge >= 0.3 is 12.3 Å². The van der Waals surface area contributed by atoms with Crippen molar-refractivity contribution >= 4 is 29.3 Å². The molecule has 0 unspecified atom stereocenters. The topological polar surface area (TPSA) is 140 Å². The van der Waals surface area contributed by atoms with Gasteiger partial charge in [-0.05, 0) is 80.8 Å². The number of carbonyl (C=O) groups is 3. The van der Waals surface area contributed by atoms with Crippen molar-refractivity contribution in [2.75, 3.05) is 17.2 Å². The molecular formula is C34H44F3N7O5. The van der Waals surface area contributed by atoms with Gasteiger partial charge in [0.2, 0.25) is 5.91 Å². The summed E-state index contributed by atoms with van der Waals surface area (Å²) in [5.74, 6) is -0.233. The van der Waals surface area contributed by atoms with Gasteiger partial charge in [0.1, 0.15) is 24.3 Å². The van der Waals surface area contributed by atoms with Crippen LogP contribution in [-0.2, 0) is 35.1 Å². The SMILES string of the molecule is CC(=O)Nc1cc(NC(=O)c2cc(CN(C(=O)OCC(C)C)C(C)(C)C)cn(CC(F)(F)F)c2=O)cc(C2(c3nncn3C)CC(C)C2)c1. The molecule has 4 rings (SSSR count). The van der Waals surface area contributed by atoms with E-state index in [4.69, 9.17) is 4.74 Å². The van der Waals surface area contributed by atoms with Gasteiger partial charge in [-0.3, -0.25) is 19.3 Å². The standard InChI is InChI=1S/C34H44F3N7O5/c1-20(2)17-49-31(48)44(32(5,6)7)16-23-9-27(29(47)43(15-23)18-34(35,36)37)28(46)40-26-11-24(10-25(12-26)39-22(4)45)33(13-21(3)14-33)30-41-38-19-42(30)8/h9-12,15,19-21H,13-14,16-18H2,1-8H3,(H,39,45)(H,40,46). The summed E-state index contributed by atoms with van der Waals surface area (Å²) in [5, 5.41) is 13.8. The van der Waals surface area contributed by atoms with Gasteiger partial charge in [-0.15, -0.1) is 10.2 Å². The molecule has 49 heavy (non-hydrogen) atoms. The van der Waals surface area contributed by atoms with Crippen molar-refractivity contribution in [1.29, 1.82) is 0 Å². The second-order valence-corrected chi connectivity index (χ2v) is 14.3. The molecule has 266 valence electrons. The highest BCUT2D eigenvalue weighted by Crippen LogP contribution is 2.52. The van der Waals surface area contributed by atoms with Crippen molar-refractivity contribution in [2.24, 2.45) is 18.9 Å². The fourth-order valence-corrected chi connectivity index (χ4v) is 6.18. The van der Waals surface area contributed by atoms with E-state index in [1.54, 1.807) is 39.2 Å². The molecule has 0 saturated heterocycles. The highest BCUT2D eigenvalue weighted by molar-refractivity contribution is 6.04. The van der Waals surface area contributed by atoms with Crippen LogP contribution in [0, 0.1) is 11.8 Å². The maximum absolute atomic E-state index is 13.8. The average Bonchev–Trinajstić information content (AvgIpc) is 3.38. The smallest absolute Gasteiger partial charge is 0.410 e. The summed E-state index contributed by atoms with van der Waals surface area (Å²) in [6.07, 6.45) is -1.45. The van der Waals surface area contributed by atoms with Gasteiger partial charge in [-0.25, -0.2) is 4.79 Å². The molecule has 0 radical (unpaired) electrons. The van der Waals surface area contributed by atoms with Crippen LogP contribution in [-0.4, -0.2) is 60.5 Å². The lowest BCUT2D eigenvalue weighted by Gasteiger charge is -2.46. The van der Waals surface area contributed by atoms with E-state index in [0.29, 0.717) is 34.8 Å². The van der Waals surface area contributed by atoms with Crippen LogP contribution in [0.5, 0.6) is 0 Å². The minimum atomic E-state index is -4.77. The lowest BCUT2D eigenvalue weighted by Crippen LogP contribution is -2.46. The predicted octanol–water partition coefficient (Wildman–Crippen LogP) is 5.86. The number of carbonyl (C=O) groups excluding carboxylic acids is 3. The number of amides is 3. The zero-order valence-electron chi connectivity index (χ0n) is 29.1. The summed E-state index contributed by atoms with van der Waals surface area (Å²) in [7, 11) is 1.82. The maximum Gasteiger partial charge on any atom is 0.410 e. The number of ether oxygens (including phenoxy) is 1. The fourth-order valence-electron chi connectivity index (χ4n) is 6.18. The van der Waals surface area contributed by atoms with Crippen LogP contribution in [0.15, 0.2) is 41.6 Å². The average molecular weight is 688 g/mol. The van der Waals surface area contributed by atoms with Crippen molar-refractivity contribution in [3.63, 3.8) is 0 Å². The molecule has 0 aliphatic heterocycles. The number of halogens is 3. The first-order chi connectivity index (χ1) is 22.7. The van der Waals surface area contributed by atoms with Crippen molar-refractivity contribution in [3.05, 3.63) is 69.7 Å². The number of rotatable bonds is 10. The Bertz CT molecular complexity index is 1770. The van der Waals surface area contributed by atoms with E-state index in [-0.39, 0.29) is 36.2 Å². The van der Waals surface area contributed by atoms with E-state index in [2.05, 4.69) is 27.8 Å². The molecule has 1 fully saturated rings. The summed E-state index contributed by atoms with van der Waals surface area (Å²) >= 11 is 0. The Morgan fingerprint density at radius 1 is 1.08 bits per heavy atom. The number of hydrogen-bond donors (Lipinski definition) is 2. The number of pyridine rings is 1. The molecule has 1 aliphatic rings. The van der Waals surface area contributed by atoms with Crippen molar-refractivity contribution in [2.45, 2.75) is 91.5 Å². The lowest BCUT2D eigenvalue weighted by atomic mass is 9.58. The Morgan fingerprint density at radius 2 is 1.71 bits per heavy atom. The Labute approximate surface area is 283 Å². The number of alkyl halides is 3. The molecule has 15 heteroatoms. The lowest BCUT2D eigenvalue weighted by molar-refractivity contribution is -0.141. The predicted molar refractivity (Wildman–Crippen MR) is 177 cm³/mol. The van der Waals surface area contributed by atoms with Crippen molar-refractivity contribution in [3.8, 4) is 0 Å². The van der Waals surface area contributed by atoms with Crippen LogP contribution < -0.4 is 16.2 Å². The van der Waals surface area contributed by atoms with Crippen LogP contribution in [0.4, 0.5) is 29.3 Å². The number of nitrogens with one attached hydrogen (secondary N) is 2. The molecular weight excluding hydrogens is 643 g/mol. The maximum atomic E-state index is 13.8. The molecule has 2 heterocycles. The molecule has 2 aromatic heterocycles. The van der Waals surface area contributed by atoms with Gasteiger partial charge in [0.05, 0.1) is 18.6 Å². The van der Waals surface area contributed by atoms with E-state index in [0.717, 1.165) is 11.8 Å². The van der Waals surface area contributed by atoms with Gasteiger partial charge in [-0.2, -0.15) is 13.2 Å². The second kappa shape index (κ2) is 14.0. The molecule has 12 nitrogen and oxygen atoms in total. The minimum absolute atomic E-state index is 0.0439. The molecule has 2 N–H and O–H groups in total. The fraction of sp³-hybridized carbons (Fsp3) is 0.529. The molecule has 3 aromatic rings. The minimum Gasteiger partial charge on any atom is -0.449 e. The molecule has 1 aliphatic carbocycles. The summed E-state index contributed by atoms with van der Waals surface area (Å²) in [6, 6.07) is 6.17. The van der Waals surface area contributed by atoms with Crippen LogP contribution in [0.1, 0.15) is 88.6 Å². The highest BCUT2D eigenvalue weighted by atomic mass is 19.4. The Balaban J connectivity index is 1.77. The van der Waals surface area contributed by atoms with Gasteiger partial charge in [0.15, 0.2) is 0 Å². The molecule has 1 aromatic carbocycles. The molecule has 1 saturated carbocycles. The van der Waals surface area contributed by atoms with Crippen LogP contribution in [0.25, 0.3) is 0 Å². The van der Waals surface area contributed by atoms with Crippen LogP contribution in [0.2, 0.25) is 0 Å². The third-order valence-corrected chi connectivity index (χ3v) is 8.24. The van der Waals surface area contributed by atoms with Gasteiger partial charge in [0.25, 0.3) is 11.5 Å². The van der Waals surface area contributed by atoms with E-state index in [1.807, 2.05) is 25.5 Å². The Morgan fingerprint density at radius 3 is 2.22 bits per heavy atom. The Hall–Kier alpha value is -4.69. The number of hydrogen-bond acceptors (Lipinski definition) is 7. The molecule has 0 atom stereocenters. The zero-order chi connectivity index (χ0) is 36.5. The van der Waals surface area contributed by atoms with E-state index in [1.165, 1.54) is 24.0 Å². The third kappa shape index (κ3) is 8.86. The summed E-state index contributed by atoms with van der Waals surface area (Å²) in [5.41, 5.74) is -1.71. The molecule has 0 spiro atoms. The number of benzene rings is 1. The van der Waals surface area contributed by atoms with Crippen molar-refractivity contribution < 1.29 is 32.3 Å². The Kier molecular flexibility index (Phi) is 10.6. The number of aromatic nitrogens is 4. The summed E-state index contributed by atoms with van der Waals surface area (Å²) in [4.78, 5) is 53.6. The van der Waals surface area contributed by atoms with Gasteiger partial charge in [-0.1, -0.05) is 20.8 Å². The normalized spacial score (nSPS) is 17.8. The summed E-state index contributed by atoms with van der Waals surface area (Å²) < 4.78 is 48.5. The van der Waals surface area contributed by atoms with E-state index < -0.39 is 46.8 Å². The molecule has 0 bridgehead atoms. The first-order valence-electron chi connectivity index (χ1n) is 16.0. The monoisotopic (exact) mass is 687 g/mol. The highest BCUT2D eigenvalue weighted by Gasteiger charge is 2.48. The largest absolute Gasteiger partial charge is 0.449 e. The van der Waals surface area contributed by atoms with Crippen LogP contribution in [0.3, 0.4) is 0 Å². The van der Waals surface area contributed by atoms with Crippen LogP contribution >= 0.6 is 0 Å².